The molecule has 7 heteroatoms. The Bertz CT molecular complexity index is 971. The molecule has 29 heavy (non-hydrogen) atoms. The van der Waals surface area contributed by atoms with Crippen LogP contribution in [0.5, 0.6) is 11.5 Å². The molecule has 4 rings (SSSR count). The largest absolute Gasteiger partial charge is 0.454 e. The highest BCUT2D eigenvalue weighted by Crippen LogP contribution is 2.36. The summed E-state index contributed by atoms with van der Waals surface area (Å²) in [7, 11) is 1.56. The van der Waals surface area contributed by atoms with Gasteiger partial charge in [0, 0.05) is 25.7 Å². The second-order valence-electron chi connectivity index (χ2n) is 8.14. The molecule has 0 N–H and O–H groups in total. The number of carbonyl (C=O) groups is 1. The molecule has 1 saturated carbocycles. The summed E-state index contributed by atoms with van der Waals surface area (Å²) in [6.45, 7) is 5.16. The third kappa shape index (κ3) is 3.86. The maximum absolute atomic E-state index is 13.5. The van der Waals surface area contributed by atoms with Crippen LogP contribution in [0.25, 0.3) is 0 Å². The van der Waals surface area contributed by atoms with Gasteiger partial charge in [0.1, 0.15) is 5.69 Å². The Balaban J connectivity index is 1.67. The van der Waals surface area contributed by atoms with Crippen LogP contribution in [-0.4, -0.2) is 33.4 Å². The summed E-state index contributed by atoms with van der Waals surface area (Å²) in [6.07, 6.45) is 3.25. The van der Waals surface area contributed by atoms with Crippen molar-refractivity contribution < 1.29 is 14.3 Å². The van der Waals surface area contributed by atoms with Gasteiger partial charge >= 0.3 is 0 Å². The molecule has 1 aromatic heterocycles. The summed E-state index contributed by atoms with van der Waals surface area (Å²) in [6, 6.07) is 8.83. The zero-order valence-electron chi connectivity index (χ0n) is 17.1. The lowest BCUT2D eigenvalue weighted by atomic mass is 9.77. The first-order valence-corrected chi connectivity index (χ1v) is 10.2. The molecule has 154 valence electrons. The third-order valence-electron chi connectivity index (χ3n) is 6.29. The van der Waals surface area contributed by atoms with Gasteiger partial charge in [-0.05, 0) is 42.0 Å². The second-order valence-corrected chi connectivity index (χ2v) is 8.14. The predicted octanol–water partition coefficient (Wildman–Crippen LogP) is 2.98. The van der Waals surface area contributed by atoms with E-state index in [-0.39, 0.29) is 24.3 Å². The van der Waals surface area contributed by atoms with Gasteiger partial charge in [0.2, 0.25) is 6.79 Å². The number of hydrogen-bond donors (Lipinski definition) is 0. The molecule has 1 fully saturated rings. The van der Waals surface area contributed by atoms with Crippen LogP contribution in [0.3, 0.4) is 0 Å². The van der Waals surface area contributed by atoms with Gasteiger partial charge in [-0.2, -0.15) is 5.10 Å². The number of carbonyl (C=O) groups excluding carboxylic acids is 1. The fraction of sp³-hybridized carbons (Fsp3) is 0.500. The summed E-state index contributed by atoms with van der Waals surface area (Å²) >= 11 is 0. The van der Waals surface area contributed by atoms with Crippen LogP contribution in [0, 0.1) is 11.8 Å². The molecular formula is C22H27N3O4. The van der Waals surface area contributed by atoms with Crippen LogP contribution >= 0.6 is 0 Å². The molecule has 2 heterocycles. The molecule has 7 nitrogen and oxygen atoms in total. The number of benzene rings is 1. The van der Waals surface area contributed by atoms with Crippen molar-refractivity contribution in [1.82, 2.24) is 14.7 Å². The van der Waals surface area contributed by atoms with Crippen LogP contribution in [0.4, 0.5) is 0 Å². The minimum absolute atomic E-state index is 0.121. The van der Waals surface area contributed by atoms with E-state index in [4.69, 9.17) is 9.47 Å². The van der Waals surface area contributed by atoms with Crippen molar-refractivity contribution in [2.45, 2.75) is 45.7 Å². The van der Waals surface area contributed by atoms with Gasteiger partial charge in [-0.15, -0.1) is 0 Å². The Hall–Kier alpha value is -2.83. The molecule has 1 aliphatic heterocycles. The van der Waals surface area contributed by atoms with Gasteiger partial charge < -0.3 is 14.4 Å². The Labute approximate surface area is 170 Å². The van der Waals surface area contributed by atoms with E-state index in [9.17, 15) is 9.59 Å². The van der Waals surface area contributed by atoms with Crippen LogP contribution in [0.15, 0.2) is 35.1 Å². The van der Waals surface area contributed by atoms with Gasteiger partial charge in [0.05, 0.1) is 0 Å². The first kappa shape index (κ1) is 19.5. The number of hydrogen-bond acceptors (Lipinski definition) is 5. The smallest absolute Gasteiger partial charge is 0.274 e. The Kier molecular flexibility index (Phi) is 5.30. The molecule has 3 atom stereocenters. The zero-order valence-corrected chi connectivity index (χ0v) is 17.1. The average molecular weight is 397 g/mol. The highest BCUT2D eigenvalue weighted by atomic mass is 16.7. The Morgan fingerprint density at radius 3 is 2.76 bits per heavy atom. The molecule has 0 bridgehead atoms. The van der Waals surface area contributed by atoms with E-state index in [0.717, 1.165) is 24.2 Å². The molecule has 0 unspecified atom stereocenters. The van der Waals surface area contributed by atoms with Gasteiger partial charge in [0.25, 0.3) is 11.5 Å². The SMILES string of the molecule is C[C@@H]1[C@H](C)CCC[C@H]1N(Cc1ccc2c(c1)OCO2)C(=O)c1ccc(=O)n(C)n1. The minimum atomic E-state index is -0.233. The number of fused-ring (bicyclic) bond motifs is 1. The van der Waals surface area contributed by atoms with Gasteiger partial charge in [-0.1, -0.05) is 32.8 Å². The van der Waals surface area contributed by atoms with Crippen LogP contribution in [-0.2, 0) is 13.6 Å². The molecular weight excluding hydrogens is 370 g/mol. The zero-order chi connectivity index (χ0) is 20.5. The molecule has 1 amide bonds. The fourth-order valence-electron chi connectivity index (χ4n) is 4.33. The Morgan fingerprint density at radius 2 is 1.97 bits per heavy atom. The van der Waals surface area contributed by atoms with Crippen molar-refractivity contribution >= 4 is 5.91 Å². The highest BCUT2D eigenvalue weighted by Gasteiger charge is 2.35. The third-order valence-corrected chi connectivity index (χ3v) is 6.29. The summed E-state index contributed by atoms with van der Waals surface area (Å²) in [5, 5.41) is 4.20. The predicted molar refractivity (Wildman–Crippen MR) is 108 cm³/mol. The second kappa shape index (κ2) is 7.89. The van der Waals surface area contributed by atoms with Crippen molar-refractivity contribution in [1.29, 1.82) is 0 Å². The molecule has 2 aliphatic rings. The van der Waals surface area contributed by atoms with E-state index in [1.54, 1.807) is 7.05 Å². The van der Waals surface area contributed by atoms with E-state index < -0.39 is 0 Å². The van der Waals surface area contributed by atoms with Crippen LogP contribution in [0.1, 0.15) is 49.2 Å². The van der Waals surface area contributed by atoms with E-state index in [2.05, 4.69) is 18.9 Å². The molecule has 2 aromatic rings. The highest BCUT2D eigenvalue weighted by molar-refractivity contribution is 5.92. The number of nitrogens with zero attached hydrogens (tertiary/aromatic N) is 3. The molecule has 1 aromatic carbocycles. The molecule has 1 aliphatic carbocycles. The fourth-order valence-corrected chi connectivity index (χ4v) is 4.33. The van der Waals surface area contributed by atoms with E-state index in [1.807, 2.05) is 23.1 Å². The topological polar surface area (TPSA) is 73.7 Å². The van der Waals surface area contributed by atoms with Gasteiger partial charge in [-0.3, -0.25) is 9.59 Å². The van der Waals surface area contributed by atoms with Crippen LogP contribution in [0.2, 0.25) is 0 Å². The summed E-state index contributed by atoms with van der Waals surface area (Å²) < 4.78 is 12.1. The number of aryl methyl sites for hydroxylation is 1. The lowest BCUT2D eigenvalue weighted by Crippen LogP contribution is -2.47. The van der Waals surface area contributed by atoms with Crippen molar-refractivity contribution in [3.8, 4) is 11.5 Å². The maximum Gasteiger partial charge on any atom is 0.274 e. The summed E-state index contributed by atoms with van der Waals surface area (Å²) in [4.78, 5) is 27.1. The molecule has 0 spiro atoms. The molecule has 0 radical (unpaired) electrons. The standard InChI is InChI=1S/C22H27N3O4/c1-14-5-4-6-18(15(14)2)25(22(27)17-8-10-21(26)24(3)23-17)12-16-7-9-19-20(11-16)29-13-28-19/h7-11,14-15,18H,4-6,12-13H2,1-3H3/t14-,15-,18-/m1/s1. The van der Waals surface area contributed by atoms with Gasteiger partial charge in [-0.25, -0.2) is 4.68 Å². The van der Waals surface area contributed by atoms with Crippen LogP contribution < -0.4 is 15.0 Å². The number of aromatic nitrogens is 2. The van der Waals surface area contributed by atoms with Crippen molar-refractivity contribution in [3.05, 3.63) is 51.9 Å². The lowest BCUT2D eigenvalue weighted by Gasteiger charge is -2.41. The summed E-state index contributed by atoms with van der Waals surface area (Å²) in [5.74, 6) is 2.22. The van der Waals surface area contributed by atoms with Crippen molar-refractivity contribution in [2.24, 2.45) is 18.9 Å². The number of ether oxygens (including phenoxy) is 2. The van der Waals surface area contributed by atoms with E-state index in [1.165, 1.54) is 23.2 Å². The Morgan fingerprint density at radius 1 is 1.17 bits per heavy atom. The van der Waals surface area contributed by atoms with E-state index >= 15 is 0 Å². The first-order valence-electron chi connectivity index (χ1n) is 10.2. The van der Waals surface area contributed by atoms with Gasteiger partial charge in [0.15, 0.2) is 11.5 Å². The maximum atomic E-state index is 13.5. The minimum Gasteiger partial charge on any atom is -0.454 e. The van der Waals surface area contributed by atoms with Crippen molar-refractivity contribution in [2.75, 3.05) is 6.79 Å². The quantitative estimate of drug-likeness (QED) is 0.793. The number of amides is 1. The average Bonchev–Trinajstić information content (AvgIpc) is 3.18. The number of rotatable bonds is 4. The normalized spacial score (nSPS) is 23.1. The summed E-state index contributed by atoms with van der Waals surface area (Å²) in [5.41, 5.74) is 1.04. The van der Waals surface area contributed by atoms with E-state index in [0.29, 0.717) is 29.8 Å². The van der Waals surface area contributed by atoms with Crippen molar-refractivity contribution in [3.63, 3.8) is 0 Å². The first-order chi connectivity index (χ1) is 13.9. The lowest BCUT2D eigenvalue weighted by molar-refractivity contribution is 0.0441. The molecule has 0 saturated heterocycles. The monoisotopic (exact) mass is 397 g/mol.